The van der Waals surface area contributed by atoms with Crippen LogP contribution in [0.3, 0.4) is 0 Å². The molecule has 6 fully saturated rings. The third kappa shape index (κ3) is 4.37. The van der Waals surface area contributed by atoms with Gasteiger partial charge in [0.2, 0.25) is 0 Å². The Bertz CT molecular complexity index is 863. The second-order valence-electron chi connectivity index (χ2n) is 15.9. The smallest absolute Gasteiger partial charge is 0.142 e. The van der Waals surface area contributed by atoms with Crippen molar-refractivity contribution in [3.63, 3.8) is 0 Å². The number of rotatable bonds is 5. The van der Waals surface area contributed by atoms with Gasteiger partial charge in [-0.2, -0.15) is 0 Å². The molecule has 2 saturated heterocycles. The molecular weight excluding hydrogens is 468 g/mol. The molecule has 0 aromatic carbocycles. The van der Waals surface area contributed by atoms with Gasteiger partial charge in [0.25, 0.3) is 0 Å². The molecule has 4 aliphatic carbocycles. The van der Waals surface area contributed by atoms with Crippen molar-refractivity contribution in [3.8, 4) is 0 Å². The molecule has 0 aromatic rings. The largest absolute Gasteiger partial charge is 0.391 e. The van der Waals surface area contributed by atoms with Crippen molar-refractivity contribution >= 4 is 5.78 Å². The first-order chi connectivity index (χ1) is 18.2. The van der Waals surface area contributed by atoms with Crippen LogP contribution in [0.4, 0.5) is 0 Å². The summed E-state index contributed by atoms with van der Waals surface area (Å²) in [6.07, 6.45) is 18.4. The van der Waals surface area contributed by atoms with Gasteiger partial charge in [-0.15, -0.1) is 0 Å². The van der Waals surface area contributed by atoms with Crippen LogP contribution in [0.5, 0.6) is 0 Å². The van der Waals surface area contributed by atoms with Gasteiger partial charge in [0.15, 0.2) is 0 Å². The van der Waals surface area contributed by atoms with Gasteiger partial charge in [0.1, 0.15) is 5.78 Å². The predicted octanol–water partition coefficient (Wildman–Crippen LogP) is 6.45. The van der Waals surface area contributed by atoms with Gasteiger partial charge in [0.05, 0.1) is 38.2 Å². The highest BCUT2D eigenvalue weighted by Crippen LogP contribution is 2.68. The maximum atomic E-state index is 14.0. The molecule has 10 atom stereocenters. The van der Waals surface area contributed by atoms with E-state index >= 15 is 0 Å². The number of aliphatic hydroxyl groups excluding tert-OH is 1. The number of Topliss-reactive ketones (excluding diaryl/α,β-unsaturated/α-hetero) is 1. The van der Waals surface area contributed by atoms with E-state index in [0.717, 1.165) is 31.1 Å². The van der Waals surface area contributed by atoms with Crippen molar-refractivity contribution in [2.45, 2.75) is 135 Å². The molecule has 4 saturated carbocycles. The van der Waals surface area contributed by atoms with E-state index in [-0.39, 0.29) is 17.4 Å². The standard InChI is InChI=1S/C34H59N2O2/c1-5-12-30(37)32-29(36(4)19-10-7-11-20-36)22-27-25-14-13-24-21-31(38)28(35-17-8-6-9-18-35)23-34(24,3)26(25)15-16-33(27,32)2/h24-29,31-32,38H,5-23H2,1-4H3/q+1/t24-,25+,26-,27-,28-,29-,31?,32+,33-,34-/m0/s1. The van der Waals surface area contributed by atoms with Crippen LogP contribution in [0.25, 0.3) is 0 Å². The fourth-order valence-electron chi connectivity index (χ4n) is 12.1. The zero-order valence-corrected chi connectivity index (χ0v) is 25.3. The molecule has 2 aliphatic heterocycles. The predicted molar refractivity (Wildman–Crippen MR) is 155 cm³/mol. The normalized spacial score (nSPS) is 49.1. The lowest BCUT2D eigenvalue weighted by Gasteiger charge is -2.62. The number of nitrogens with zero attached hydrogens (tertiary/aromatic N) is 2. The van der Waals surface area contributed by atoms with Crippen LogP contribution >= 0.6 is 0 Å². The number of likely N-dealkylation sites (tertiary alicyclic amines) is 2. The second-order valence-corrected chi connectivity index (χ2v) is 15.9. The van der Waals surface area contributed by atoms with Gasteiger partial charge in [-0.3, -0.25) is 9.69 Å². The summed E-state index contributed by atoms with van der Waals surface area (Å²) in [5.74, 6) is 3.85. The molecule has 4 heteroatoms. The highest BCUT2D eigenvalue weighted by Gasteiger charge is 2.67. The average Bonchev–Trinajstić information content (AvgIpc) is 3.24. The molecule has 4 nitrogen and oxygen atoms in total. The first-order valence-electron chi connectivity index (χ1n) is 17.0. The number of quaternary nitrogens is 1. The Morgan fingerprint density at radius 1 is 0.921 bits per heavy atom. The second kappa shape index (κ2) is 10.4. The first kappa shape index (κ1) is 27.7. The fourth-order valence-corrected chi connectivity index (χ4v) is 12.1. The lowest BCUT2D eigenvalue weighted by Crippen LogP contribution is -2.60. The van der Waals surface area contributed by atoms with Gasteiger partial charge in [-0.25, -0.2) is 0 Å². The Morgan fingerprint density at radius 2 is 1.63 bits per heavy atom. The van der Waals surface area contributed by atoms with Gasteiger partial charge in [-0.05, 0) is 125 Å². The zero-order valence-electron chi connectivity index (χ0n) is 25.3. The molecule has 1 N–H and O–H groups in total. The summed E-state index contributed by atoms with van der Waals surface area (Å²) >= 11 is 0. The highest BCUT2D eigenvalue weighted by molar-refractivity contribution is 5.83. The average molecular weight is 528 g/mol. The monoisotopic (exact) mass is 527 g/mol. The molecule has 0 bridgehead atoms. The number of ketones is 1. The zero-order chi connectivity index (χ0) is 26.7. The van der Waals surface area contributed by atoms with Gasteiger partial charge >= 0.3 is 0 Å². The molecule has 2 heterocycles. The molecule has 216 valence electrons. The first-order valence-corrected chi connectivity index (χ1v) is 17.0. The SMILES string of the molecule is CCCC(=O)[C@H]1[C@@H]([N+]2(C)CCCCC2)C[C@H]2[C@@H]3CC[C@H]4CC(O)[C@@H](N5CCCCC5)C[C@]4(C)[C@H]3CC[C@@]21C. The minimum absolute atomic E-state index is 0.132. The Hall–Kier alpha value is -0.450. The number of piperidine rings is 2. The summed E-state index contributed by atoms with van der Waals surface area (Å²) in [4.78, 5) is 16.6. The van der Waals surface area contributed by atoms with E-state index in [1.807, 2.05) is 0 Å². The van der Waals surface area contributed by atoms with Crippen LogP contribution in [0, 0.1) is 40.4 Å². The lowest BCUT2D eigenvalue weighted by molar-refractivity contribution is -0.939. The number of hydrogen-bond donors (Lipinski definition) is 1. The summed E-state index contributed by atoms with van der Waals surface area (Å²) in [6, 6.07) is 0.916. The Balaban J connectivity index is 1.29. The Morgan fingerprint density at radius 3 is 2.34 bits per heavy atom. The molecule has 0 amide bonds. The fraction of sp³-hybridized carbons (Fsp3) is 0.971. The number of aliphatic hydroxyl groups is 1. The molecule has 0 aromatic heterocycles. The molecule has 1 unspecified atom stereocenters. The van der Waals surface area contributed by atoms with Crippen molar-refractivity contribution in [1.82, 2.24) is 4.90 Å². The van der Waals surface area contributed by atoms with Crippen molar-refractivity contribution in [3.05, 3.63) is 0 Å². The van der Waals surface area contributed by atoms with E-state index in [1.165, 1.54) is 108 Å². The Labute approximate surface area is 233 Å². The quantitative estimate of drug-likeness (QED) is 0.418. The van der Waals surface area contributed by atoms with E-state index in [1.54, 1.807) is 0 Å². The van der Waals surface area contributed by atoms with Crippen molar-refractivity contribution in [2.24, 2.45) is 40.4 Å². The van der Waals surface area contributed by atoms with Crippen LogP contribution in [0.15, 0.2) is 0 Å². The third-order valence-corrected chi connectivity index (χ3v) is 14.1. The van der Waals surface area contributed by atoms with E-state index in [0.29, 0.717) is 35.1 Å². The number of hydrogen-bond acceptors (Lipinski definition) is 3. The highest BCUT2D eigenvalue weighted by atomic mass is 16.3. The minimum atomic E-state index is -0.132. The summed E-state index contributed by atoms with van der Waals surface area (Å²) in [5, 5.41) is 11.3. The van der Waals surface area contributed by atoms with E-state index in [9.17, 15) is 9.90 Å². The topological polar surface area (TPSA) is 40.5 Å². The van der Waals surface area contributed by atoms with Crippen LogP contribution in [-0.4, -0.2) is 71.7 Å². The number of carbonyl (C=O) groups excluding carboxylic acids is 1. The summed E-state index contributed by atoms with van der Waals surface area (Å²) in [6.45, 7) is 12.4. The molecule has 6 aliphatic rings. The maximum absolute atomic E-state index is 14.0. The Kier molecular flexibility index (Phi) is 7.60. The van der Waals surface area contributed by atoms with Gasteiger partial charge in [0, 0.05) is 18.9 Å². The molecule has 0 spiro atoms. The van der Waals surface area contributed by atoms with E-state index < -0.39 is 0 Å². The van der Waals surface area contributed by atoms with Crippen LogP contribution in [0.2, 0.25) is 0 Å². The lowest BCUT2D eigenvalue weighted by atomic mass is 9.44. The van der Waals surface area contributed by atoms with Crippen molar-refractivity contribution in [1.29, 1.82) is 0 Å². The number of carbonyl (C=O) groups is 1. The molecule has 38 heavy (non-hydrogen) atoms. The molecule has 0 radical (unpaired) electrons. The minimum Gasteiger partial charge on any atom is -0.391 e. The summed E-state index contributed by atoms with van der Waals surface area (Å²) in [5.41, 5.74) is 0.552. The van der Waals surface area contributed by atoms with Gasteiger partial charge in [-0.1, -0.05) is 27.2 Å². The third-order valence-electron chi connectivity index (χ3n) is 14.1. The molecule has 6 rings (SSSR count). The van der Waals surface area contributed by atoms with Crippen LogP contribution in [-0.2, 0) is 4.79 Å². The van der Waals surface area contributed by atoms with Gasteiger partial charge < -0.3 is 9.59 Å². The van der Waals surface area contributed by atoms with E-state index in [2.05, 4.69) is 32.7 Å². The van der Waals surface area contributed by atoms with Crippen molar-refractivity contribution < 1.29 is 14.4 Å². The summed E-state index contributed by atoms with van der Waals surface area (Å²) in [7, 11) is 2.53. The van der Waals surface area contributed by atoms with Crippen LogP contribution in [0.1, 0.15) is 117 Å². The molecular formula is C34H59N2O2+. The number of fused-ring (bicyclic) bond motifs is 5. The maximum Gasteiger partial charge on any atom is 0.142 e. The van der Waals surface area contributed by atoms with Crippen LogP contribution < -0.4 is 0 Å². The van der Waals surface area contributed by atoms with Crippen molar-refractivity contribution in [2.75, 3.05) is 33.2 Å². The van der Waals surface area contributed by atoms with E-state index in [4.69, 9.17) is 0 Å². The summed E-state index contributed by atoms with van der Waals surface area (Å²) < 4.78 is 1.17.